The molecule has 0 atom stereocenters. The summed E-state index contributed by atoms with van der Waals surface area (Å²) in [6.07, 6.45) is -0.749. The summed E-state index contributed by atoms with van der Waals surface area (Å²) < 4.78 is 43.7. The second-order valence-electron chi connectivity index (χ2n) is 5.46. The number of ether oxygens (including phenoxy) is 1. The summed E-state index contributed by atoms with van der Waals surface area (Å²) in [5.41, 5.74) is 1.75. The number of aromatic nitrogens is 2. The predicted molar refractivity (Wildman–Crippen MR) is 92.1 cm³/mol. The standard InChI is InChI=1S/C17H13BrF3N3O2/c18-12-3-6-15-23-13(9-24(15)8-12)7-22-16(25)11-1-4-14(5-2-11)26-10-17(19,20)21/h1-6,8-9H,7,10H2,(H,22,25). The molecule has 0 fully saturated rings. The number of alkyl halides is 3. The van der Waals surface area contributed by atoms with Crippen molar-refractivity contribution in [2.24, 2.45) is 0 Å². The van der Waals surface area contributed by atoms with Gasteiger partial charge in [0.1, 0.15) is 11.4 Å². The number of pyridine rings is 1. The number of hydrogen-bond donors (Lipinski definition) is 1. The smallest absolute Gasteiger partial charge is 0.422 e. The Balaban J connectivity index is 1.58. The van der Waals surface area contributed by atoms with Gasteiger partial charge in [-0.2, -0.15) is 13.2 Å². The van der Waals surface area contributed by atoms with Gasteiger partial charge in [-0.05, 0) is 52.3 Å². The van der Waals surface area contributed by atoms with Crippen LogP contribution in [-0.4, -0.2) is 28.1 Å². The molecule has 3 rings (SSSR count). The maximum atomic E-state index is 12.1. The number of hydrogen-bond acceptors (Lipinski definition) is 3. The van der Waals surface area contributed by atoms with E-state index in [-0.39, 0.29) is 18.2 Å². The summed E-state index contributed by atoms with van der Waals surface area (Å²) in [5.74, 6) is -0.310. The Morgan fingerprint density at radius 2 is 1.88 bits per heavy atom. The number of rotatable bonds is 5. The van der Waals surface area contributed by atoms with E-state index in [0.29, 0.717) is 11.3 Å². The molecule has 0 aliphatic heterocycles. The molecule has 136 valence electrons. The molecule has 0 saturated heterocycles. The molecule has 0 unspecified atom stereocenters. The van der Waals surface area contributed by atoms with Crippen molar-refractivity contribution in [2.75, 3.05) is 6.61 Å². The minimum Gasteiger partial charge on any atom is -0.484 e. The minimum atomic E-state index is -4.40. The molecule has 5 nitrogen and oxygen atoms in total. The van der Waals surface area contributed by atoms with Gasteiger partial charge < -0.3 is 14.5 Å². The van der Waals surface area contributed by atoms with Crippen LogP contribution in [0.25, 0.3) is 5.65 Å². The first-order valence-electron chi connectivity index (χ1n) is 7.51. The molecular formula is C17H13BrF3N3O2. The third kappa shape index (κ3) is 4.75. The molecule has 0 aliphatic carbocycles. The van der Waals surface area contributed by atoms with E-state index in [9.17, 15) is 18.0 Å². The van der Waals surface area contributed by atoms with E-state index in [1.54, 1.807) is 6.20 Å². The average molecular weight is 428 g/mol. The van der Waals surface area contributed by atoms with Crippen LogP contribution in [0.4, 0.5) is 13.2 Å². The van der Waals surface area contributed by atoms with Crippen molar-refractivity contribution in [2.45, 2.75) is 12.7 Å². The number of benzene rings is 1. The zero-order chi connectivity index (χ0) is 18.7. The lowest BCUT2D eigenvalue weighted by Gasteiger charge is -2.09. The van der Waals surface area contributed by atoms with Crippen molar-refractivity contribution in [3.05, 3.63) is 64.5 Å². The van der Waals surface area contributed by atoms with E-state index >= 15 is 0 Å². The summed E-state index contributed by atoms with van der Waals surface area (Å²) in [5, 5.41) is 2.72. The molecule has 0 bridgehead atoms. The Morgan fingerprint density at radius 3 is 2.58 bits per heavy atom. The lowest BCUT2D eigenvalue weighted by Crippen LogP contribution is -2.23. The molecule has 1 N–H and O–H groups in total. The van der Waals surface area contributed by atoms with Gasteiger partial charge in [0.2, 0.25) is 0 Å². The first kappa shape index (κ1) is 18.2. The van der Waals surface area contributed by atoms with Crippen LogP contribution < -0.4 is 10.1 Å². The number of nitrogens with zero attached hydrogens (tertiary/aromatic N) is 2. The van der Waals surface area contributed by atoms with Gasteiger partial charge in [0.05, 0.1) is 12.2 Å². The van der Waals surface area contributed by atoms with Crippen molar-refractivity contribution < 1.29 is 22.7 Å². The number of amides is 1. The monoisotopic (exact) mass is 427 g/mol. The number of nitrogens with one attached hydrogen (secondary N) is 1. The summed E-state index contributed by atoms with van der Waals surface area (Å²) in [6, 6.07) is 9.16. The van der Waals surface area contributed by atoms with Crippen LogP contribution in [0.1, 0.15) is 16.1 Å². The summed E-state index contributed by atoms with van der Waals surface area (Å²) in [6.45, 7) is -1.15. The van der Waals surface area contributed by atoms with E-state index < -0.39 is 12.8 Å². The fourth-order valence-electron chi connectivity index (χ4n) is 2.24. The third-order valence-electron chi connectivity index (χ3n) is 3.41. The molecule has 2 heterocycles. The highest BCUT2D eigenvalue weighted by molar-refractivity contribution is 9.10. The van der Waals surface area contributed by atoms with E-state index in [1.807, 2.05) is 22.7 Å². The highest BCUT2D eigenvalue weighted by atomic mass is 79.9. The van der Waals surface area contributed by atoms with Gasteiger partial charge in [-0.25, -0.2) is 4.98 Å². The van der Waals surface area contributed by atoms with Gasteiger partial charge in [0, 0.05) is 22.4 Å². The second-order valence-corrected chi connectivity index (χ2v) is 6.37. The van der Waals surface area contributed by atoms with Gasteiger partial charge >= 0.3 is 6.18 Å². The Kier molecular flexibility index (Phi) is 5.17. The molecule has 0 spiro atoms. The van der Waals surface area contributed by atoms with Crippen LogP contribution >= 0.6 is 15.9 Å². The van der Waals surface area contributed by atoms with Crippen LogP contribution in [0.15, 0.2) is 53.3 Å². The molecular weight excluding hydrogens is 415 g/mol. The van der Waals surface area contributed by atoms with Crippen molar-refractivity contribution in [1.29, 1.82) is 0 Å². The van der Waals surface area contributed by atoms with E-state index in [2.05, 4.69) is 31.0 Å². The molecule has 1 aromatic carbocycles. The number of fused-ring (bicyclic) bond motifs is 1. The fourth-order valence-corrected chi connectivity index (χ4v) is 2.60. The van der Waals surface area contributed by atoms with Crippen molar-refractivity contribution in [3.63, 3.8) is 0 Å². The molecule has 0 saturated carbocycles. The first-order chi connectivity index (χ1) is 12.3. The number of halogens is 4. The lowest BCUT2D eigenvalue weighted by molar-refractivity contribution is -0.153. The van der Waals surface area contributed by atoms with Crippen LogP contribution in [0.2, 0.25) is 0 Å². The number of carbonyl (C=O) groups excluding carboxylic acids is 1. The molecule has 9 heteroatoms. The third-order valence-corrected chi connectivity index (χ3v) is 3.88. The molecule has 26 heavy (non-hydrogen) atoms. The normalized spacial score (nSPS) is 11.5. The maximum Gasteiger partial charge on any atom is 0.422 e. The zero-order valence-electron chi connectivity index (χ0n) is 13.3. The van der Waals surface area contributed by atoms with E-state index in [1.165, 1.54) is 24.3 Å². The largest absolute Gasteiger partial charge is 0.484 e. The van der Waals surface area contributed by atoms with E-state index in [4.69, 9.17) is 0 Å². The quantitative estimate of drug-likeness (QED) is 0.670. The average Bonchev–Trinajstić information content (AvgIpc) is 2.99. The Morgan fingerprint density at radius 1 is 1.15 bits per heavy atom. The summed E-state index contributed by atoms with van der Waals surface area (Å²) in [7, 11) is 0. The predicted octanol–water partition coefficient (Wildman–Crippen LogP) is 3.97. The summed E-state index contributed by atoms with van der Waals surface area (Å²) >= 11 is 3.37. The molecule has 0 radical (unpaired) electrons. The fraction of sp³-hybridized carbons (Fsp3) is 0.176. The minimum absolute atomic E-state index is 0.0461. The number of imidazole rings is 1. The highest BCUT2D eigenvalue weighted by Gasteiger charge is 2.28. The SMILES string of the molecule is O=C(NCc1cn2cc(Br)ccc2n1)c1ccc(OCC(F)(F)F)cc1. The second kappa shape index (κ2) is 7.36. The molecule has 2 aromatic heterocycles. The van der Waals surface area contributed by atoms with Crippen LogP contribution in [0, 0.1) is 0 Å². The summed E-state index contributed by atoms with van der Waals surface area (Å²) in [4.78, 5) is 16.5. The van der Waals surface area contributed by atoms with Gasteiger partial charge in [-0.1, -0.05) is 0 Å². The van der Waals surface area contributed by atoms with Gasteiger partial charge in [-0.15, -0.1) is 0 Å². The van der Waals surface area contributed by atoms with Crippen LogP contribution in [-0.2, 0) is 6.54 Å². The van der Waals surface area contributed by atoms with Crippen molar-refractivity contribution >= 4 is 27.5 Å². The van der Waals surface area contributed by atoms with E-state index in [0.717, 1.165) is 10.1 Å². The molecule has 0 aliphatic rings. The van der Waals surface area contributed by atoms with Crippen molar-refractivity contribution in [3.8, 4) is 5.75 Å². The van der Waals surface area contributed by atoms with Gasteiger partial charge in [0.15, 0.2) is 6.61 Å². The van der Waals surface area contributed by atoms with Crippen molar-refractivity contribution in [1.82, 2.24) is 14.7 Å². The Hall–Kier alpha value is -2.55. The molecule has 1 amide bonds. The lowest BCUT2D eigenvalue weighted by atomic mass is 10.2. The number of carbonyl (C=O) groups is 1. The van der Waals surface area contributed by atoms with Gasteiger partial charge in [-0.3, -0.25) is 4.79 Å². The van der Waals surface area contributed by atoms with Gasteiger partial charge in [0.25, 0.3) is 5.91 Å². The first-order valence-corrected chi connectivity index (χ1v) is 8.30. The maximum absolute atomic E-state index is 12.1. The Labute approximate surface area is 154 Å². The Bertz CT molecular complexity index is 923. The van der Waals surface area contributed by atoms with Crippen LogP contribution in [0.5, 0.6) is 5.75 Å². The van der Waals surface area contributed by atoms with Crippen LogP contribution in [0.3, 0.4) is 0 Å². The topological polar surface area (TPSA) is 55.6 Å². The molecule has 3 aromatic rings. The zero-order valence-corrected chi connectivity index (χ0v) is 14.8. The highest BCUT2D eigenvalue weighted by Crippen LogP contribution is 2.19.